The number of aromatic nitrogens is 2. The summed E-state index contributed by atoms with van der Waals surface area (Å²) in [5.74, 6) is 0.294. The highest BCUT2D eigenvalue weighted by molar-refractivity contribution is 7.89. The standard InChI is InChI=1S/C18H23ClN4O3S/c1-12-4-5-15(10-16(12)19)21-18(24)14-6-8-23(9-7-14)27(25,26)17-11-22(3)13(2)20-17/h4-5,10-11,14H,6-9H2,1-3H3,(H,21,24). The number of piperidine rings is 1. The molecule has 0 aliphatic carbocycles. The van der Waals surface area contributed by atoms with Crippen molar-refractivity contribution >= 4 is 33.2 Å². The summed E-state index contributed by atoms with van der Waals surface area (Å²) in [4.78, 5) is 16.6. The Balaban J connectivity index is 1.62. The number of nitrogens with zero attached hydrogens (tertiary/aromatic N) is 3. The maximum atomic E-state index is 12.7. The average Bonchev–Trinajstić information content (AvgIpc) is 2.98. The van der Waals surface area contributed by atoms with Gasteiger partial charge in [0.05, 0.1) is 0 Å². The second kappa shape index (κ2) is 7.61. The molecule has 0 atom stereocenters. The number of imidazole rings is 1. The van der Waals surface area contributed by atoms with Crippen LogP contribution >= 0.6 is 11.6 Å². The molecule has 1 aromatic carbocycles. The third kappa shape index (κ3) is 4.17. The molecule has 1 amide bonds. The van der Waals surface area contributed by atoms with Crippen LogP contribution in [-0.4, -0.2) is 41.3 Å². The van der Waals surface area contributed by atoms with Gasteiger partial charge >= 0.3 is 0 Å². The summed E-state index contributed by atoms with van der Waals surface area (Å²) >= 11 is 6.09. The third-order valence-corrected chi connectivity index (χ3v) is 7.13. The van der Waals surface area contributed by atoms with Gasteiger partial charge in [0, 0.05) is 43.0 Å². The van der Waals surface area contributed by atoms with Crippen LogP contribution in [0.2, 0.25) is 5.02 Å². The molecule has 2 heterocycles. The van der Waals surface area contributed by atoms with Crippen LogP contribution < -0.4 is 5.32 Å². The van der Waals surface area contributed by atoms with Crippen molar-refractivity contribution < 1.29 is 13.2 Å². The van der Waals surface area contributed by atoms with Gasteiger partial charge in [0.1, 0.15) is 5.82 Å². The molecule has 0 bridgehead atoms. The van der Waals surface area contributed by atoms with Crippen LogP contribution in [0, 0.1) is 19.8 Å². The highest BCUT2D eigenvalue weighted by Crippen LogP contribution is 2.25. The molecule has 1 fully saturated rings. The zero-order valence-corrected chi connectivity index (χ0v) is 17.1. The van der Waals surface area contributed by atoms with Crippen molar-refractivity contribution in [3.05, 3.63) is 40.8 Å². The Labute approximate surface area is 164 Å². The number of sulfonamides is 1. The first kappa shape index (κ1) is 19.9. The van der Waals surface area contributed by atoms with Crippen LogP contribution in [0.4, 0.5) is 5.69 Å². The molecule has 1 aliphatic rings. The van der Waals surface area contributed by atoms with Gasteiger partial charge in [0.25, 0.3) is 10.0 Å². The van der Waals surface area contributed by atoms with Crippen LogP contribution in [-0.2, 0) is 21.9 Å². The predicted octanol–water partition coefficient (Wildman–Crippen LogP) is 2.73. The lowest BCUT2D eigenvalue weighted by atomic mass is 9.97. The van der Waals surface area contributed by atoms with Crippen LogP contribution in [0.1, 0.15) is 24.2 Å². The van der Waals surface area contributed by atoms with E-state index < -0.39 is 10.0 Å². The monoisotopic (exact) mass is 410 g/mol. The van der Waals surface area contributed by atoms with Gasteiger partial charge in [-0.15, -0.1) is 0 Å². The number of aryl methyl sites for hydroxylation is 3. The molecule has 0 unspecified atom stereocenters. The quantitative estimate of drug-likeness (QED) is 0.839. The van der Waals surface area contributed by atoms with E-state index in [1.165, 1.54) is 10.5 Å². The summed E-state index contributed by atoms with van der Waals surface area (Å²) in [5.41, 5.74) is 1.59. The van der Waals surface area contributed by atoms with Gasteiger partial charge in [-0.25, -0.2) is 13.4 Å². The number of halogens is 1. The van der Waals surface area contributed by atoms with Crippen LogP contribution in [0.5, 0.6) is 0 Å². The Morgan fingerprint density at radius 2 is 1.93 bits per heavy atom. The largest absolute Gasteiger partial charge is 0.337 e. The summed E-state index contributed by atoms with van der Waals surface area (Å²) in [7, 11) is -1.87. The second-order valence-corrected chi connectivity index (χ2v) is 9.16. The third-order valence-electron chi connectivity index (χ3n) is 4.95. The molecule has 0 saturated carbocycles. The lowest BCUT2D eigenvalue weighted by molar-refractivity contribution is -0.120. The van der Waals surface area contributed by atoms with Gasteiger partial charge in [-0.1, -0.05) is 17.7 Å². The van der Waals surface area contributed by atoms with Gasteiger partial charge in [0.15, 0.2) is 5.03 Å². The van der Waals surface area contributed by atoms with E-state index in [0.717, 1.165) is 5.56 Å². The Bertz CT molecular complexity index is 943. The number of hydrogen-bond acceptors (Lipinski definition) is 4. The Kier molecular flexibility index (Phi) is 5.60. The van der Waals surface area contributed by atoms with Crippen molar-refractivity contribution in [3.63, 3.8) is 0 Å². The number of carbonyl (C=O) groups is 1. The van der Waals surface area contributed by atoms with E-state index in [2.05, 4.69) is 10.3 Å². The van der Waals surface area contributed by atoms with Crippen molar-refractivity contribution in [1.29, 1.82) is 0 Å². The molecule has 1 N–H and O–H groups in total. The highest BCUT2D eigenvalue weighted by atomic mass is 35.5. The molecule has 0 spiro atoms. The topological polar surface area (TPSA) is 84.3 Å². The predicted molar refractivity (Wildman–Crippen MR) is 104 cm³/mol. The maximum Gasteiger partial charge on any atom is 0.262 e. The summed E-state index contributed by atoms with van der Waals surface area (Å²) < 4.78 is 28.5. The molecule has 27 heavy (non-hydrogen) atoms. The average molecular weight is 411 g/mol. The first-order chi connectivity index (χ1) is 12.7. The molecular weight excluding hydrogens is 388 g/mol. The molecule has 1 aromatic heterocycles. The van der Waals surface area contributed by atoms with Gasteiger partial charge in [-0.2, -0.15) is 4.31 Å². The molecule has 9 heteroatoms. The molecule has 1 saturated heterocycles. The summed E-state index contributed by atoms with van der Waals surface area (Å²) in [6, 6.07) is 5.38. The number of benzene rings is 1. The number of rotatable bonds is 4. The number of anilines is 1. The first-order valence-electron chi connectivity index (χ1n) is 8.75. The highest BCUT2D eigenvalue weighted by Gasteiger charge is 2.33. The van der Waals surface area contributed by atoms with Crippen molar-refractivity contribution in [2.24, 2.45) is 13.0 Å². The number of amides is 1. The Morgan fingerprint density at radius 3 is 2.48 bits per heavy atom. The van der Waals surface area contributed by atoms with Gasteiger partial charge in [0.2, 0.25) is 5.91 Å². The Hall–Kier alpha value is -1.90. The van der Waals surface area contributed by atoms with Crippen LogP contribution in [0.15, 0.2) is 29.4 Å². The minimum atomic E-state index is -3.63. The lowest BCUT2D eigenvalue weighted by Crippen LogP contribution is -2.41. The van der Waals surface area contributed by atoms with Crippen molar-refractivity contribution in [1.82, 2.24) is 13.9 Å². The fraction of sp³-hybridized carbons (Fsp3) is 0.444. The number of carbonyl (C=O) groups excluding carboxylic acids is 1. The van der Waals surface area contributed by atoms with E-state index in [4.69, 9.17) is 11.6 Å². The fourth-order valence-electron chi connectivity index (χ4n) is 3.06. The summed E-state index contributed by atoms with van der Waals surface area (Å²) in [6.07, 6.45) is 2.46. The number of nitrogens with one attached hydrogen (secondary N) is 1. The van der Waals surface area contributed by atoms with Crippen molar-refractivity contribution in [2.75, 3.05) is 18.4 Å². The summed E-state index contributed by atoms with van der Waals surface area (Å²) in [6.45, 7) is 4.25. The van der Waals surface area contributed by atoms with Crippen molar-refractivity contribution in [2.45, 2.75) is 31.7 Å². The van der Waals surface area contributed by atoms with E-state index >= 15 is 0 Å². The minimum Gasteiger partial charge on any atom is -0.337 e. The van der Waals surface area contributed by atoms with E-state index in [1.54, 1.807) is 24.6 Å². The molecule has 0 radical (unpaired) electrons. The molecule has 146 valence electrons. The Morgan fingerprint density at radius 1 is 1.26 bits per heavy atom. The van der Waals surface area contributed by atoms with Gasteiger partial charge in [-0.3, -0.25) is 4.79 Å². The molecule has 7 nitrogen and oxygen atoms in total. The normalized spacial score (nSPS) is 16.4. The minimum absolute atomic E-state index is 0.0553. The van der Waals surface area contributed by atoms with E-state index in [1.807, 2.05) is 19.1 Å². The molecule has 1 aliphatic heterocycles. The zero-order valence-electron chi connectivity index (χ0n) is 15.6. The van der Waals surface area contributed by atoms with E-state index in [9.17, 15) is 13.2 Å². The first-order valence-corrected chi connectivity index (χ1v) is 10.6. The van der Waals surface area contributed by atoms with E-state index in [-0.39, 0.29) is 16.9 Å². The summed E-state index contributed by atoms with van der Waals surface area (Å²) in [5, 5.41) is 3.52. The van der Waals surface area contributed by atoms with E-state index in [0.29, 0.717) is 42.5 Å². The van der Waals surface area contributed by atoms with Crippen LogP contribution in [0.25, 0.3) is 0 Å². The smallest absolute Gasteiger partial charge is 0.262 e. The zero-order chi connectivity index (χ0) is 19.8. The lowest BCUT2D eigenvalue weighted by Gasteiger charge is -2.30. The van der Waals surface area contributed by atoms with Crippen molar-refractivity contribution in [3.8, 4) is 0 Å². The number of hydrogen-bond donors (Lipinski definition) is 1. The molecule has 3 rings (SSSR count). The molecular formula is C18H23ClN4O3S. The fourth-order valence-corrected chi connectivity index (χ4v) is 4.73. The van der Waals surface area contributed by atoms with Crippen LogP contribution in [0.3, 0.4) is 0 Å². The SMILES string of the molecule is Cc1ccc(NC(=O)C2CCN(S(=O)(=O)c3cn(C)c(C)n3)CC2)cc1Cl. The van der Waals surface area contributed by atoms with Gasteiger partial charge < -0.3 is 9.88 Å². The van der Waals surface area contributed by atoms with Gasteiger partial charge in [-0.05, 0) is 44.4 Å². The second-order valence-electron chi connectivity index (χ2n) is 6.87. The maximum absolute atomic E-state index is 12.7. The molecule has 2 aromatic rings.